The second-order valence-corrected chi connectivity index (χ2v) is 2.63. The van der Waals surface area contributed by atoms with Gasteiger partial charge in [-0.2, -0.15) is 0 Å². The van der Waals surface area contributed by atoms with E-state index in [1.54, 1.807) is 0 Å². The zero-order valence-corrected chi connectivity index (χ0v) is 6.00. The van der Waals surface area contributed by atoms with Crippen LogP contribution in [0.1, 0.15) is 12.8 Å². The van der Waals surface area contributed by atoms with Crippen LogP contribution in [0.25, 0.3) is 0 Å². The van der Waals surface area contributed by atoms with Gasteiger partial charge in [0.2, 0.25) is 0 Å². The third-order valence-electron chi connectivity index (χ3n) is 1.88. The monoisotopic (exact) mass is 134 g/mol. The molecule has 0 spiro atoms. The van der Waals surface area contributed by atoms with Crippen molar-refractivity contribution in [2.75, 3.05) is 0 Å². The van der Waals surface area contributed by atoms with Crippen LogP contribution in [0.3, 0.4) is 0 Å². The van der Waals surface area contributed by atoms with Crippen molar-refractivity contribution in [3.63, 3.8) is 0 Å². The molecule has 1 saturated carbocycles. The molecule has 0 radical (unpaired) electrons. The Kier molecular flexibility index (Phi) is 3.61. The van der Waals surface area contributed by atoms with Crippen LogP contribution in [0, 0.1) is 5.92 Å². The number of carbonyl (C=O) groups excluding carboxylic acids is 1. The number of hydrogen-bond acceptors (Lipinski definition) is 3. The van der Waals surface area contributed by atoms with E-state index in [-0.39, 0.29) is 30.4 Å². The van der Waals surface area contributed by atoms with E-state index < -0.39 is 0 Å². The minimum Gasteiger partial charge on any atom is -0.870 e. The summed E-state index contributed by atoms with van der Waals surface area (Å²) in [5, 5.41) is 3.06. The molecule has 0 aromatic heterocycles. The molecule has 2 fully saturated rings. The van der Waals surface area contributed by atoms with Crippen LogP contribution in [0.5, 0.6) is 0 Å². The van der Waals surface area contributed by atoms with Gasteiger partial charge >= 0.3 is 18.9 Å². The second-order valence-electron chi connectivity index (χ2n) is 2.63. The molecule has 0 aromatic carbocycles. The van der Waals surface area contributed by atoms with Crippen molar-refractivity contribution in [1.82, 2.24) is 5.32 Å². The third-order valence-corrected chi connectivity index (χ3v) is 1.88. The SMILES string of the molecule is O=[C-]C1N[C@H]1C1CC1.[Li+].[OH-]. The standard InChI is InChI=1S/C6H8NO.Li.H2O/c8-3-5-6(7-5)4-1-2-4;;/h4-7H,1-2H2;;1H2/q-1;+1;/p-1/t5?,6-;;/m0../s1. The van der Waals surface area contributed by atoms with Crippen LogP contribution in [0.4, 0.5) is 0 Å². The molecule has 0 bridgehead atoms. The Hall–Kier alpha value is 0.187. The smallest absolute Gasteiger partial charge is 0.870 e. The van der Waals surface area contributed by atoms with Crippen LogP contribution in [0.15, 0.2) is 0 Å². The van der Waals surface area contributed by atoms with Gasteiger partial charge in [0.25, 0.3) is 0 Å². The summed E-state index contributed by atoms with van der Waals surface area (Å²) in [6.45, 7) is 0. The van der Waals surface area contributed by atoms with E-state index >= 15 is 0 Å². The molecule has 3 nitrogen and oxygen atoms in total. The van der Waals surface area contributed by atoms with Crippen LogP contribution < -0.4 is 24.2 Å². The molecule has 0 aromatic rings. The third kappa shape index (κ3) is 1.83. The molecule has 2 rings (SSSR count). The molecule has 1 heterocycles. The Bertz CT molecular complexity index is 127. The summed E-state index contributed by atoms with van der Waals surface area (Å²) < 4.78 is 0. The van der Waals surface area contributed by atoms with Gasteiger partial charge in [-0.05, 0) is 24.8 Å². The minimum absolute atomic E-state index is 0. The molecule has 2 aliphatic rings. The van der Waals surface area contributed by atoms with E-state index in [4.69, 9.17) is 0 Å². The van der Waals surface area contributed by atoms with Gasteiger partial charge < -0.3 is 15.6 Å². The first kappa shape index (κ1) is 10.2. The first-order valence-corrected chi connectivity index (χ1v) is 3.05. The Labute approximate surface area is 72.0 Å². The van der Waals surface area contributed by atoms with Gasteiger partial charge in [-0.3, -0.25) is 0 Å². The average molecular weight is 134 g/mol. The van der Waals surface area contributed by atoms with Crippen molar-refractivity contribution in [3.05, 3.63) is 0 Å². The summed E-state index contributed by atoms with van der Waals surface area (Å²) >= 11 is 0. The van der Waals surface area contributed by atoms with E-state index in [0.717, 1.165) is 5.92 Å². The molecule has 52 valence electrons. The normalized spacial score (nSPS) is 35.2. The van der Waals surface area contributed by atoms with E-state index in [1.807, 2.05) is 6.29 Å². The van der Waals surface area contributed by atoms with Crippen LogP contribution >= 0.6 is 0 Å². The Morgan fingerprint density at radius 3 is 2.30 bits per heavy atom. The van der Waals surface area contributed by atoms with Gasteiger partial charge in [0.15, 0.2) is 0 Å². The quantitative estimate of drug-likeness (QED) is 0.244. The van der Waals surface area contributed by atoms with Crippen molar-refractivity contribution in [2.24, 2.45) is 5.92 Å². The fraction of sp³-hybridized carbons (Fsp3) is 0.833. The Morgan fingerprint density at radius 2 is 2.00 bits per heavy atom. The molecular formula is C6H9LiNO2-. The van der Waals surface area contributed by atoms with Crippen molar-refractivity contribution in [1.29, 1.82) is 0 Å². The van der Waals surface area contributed by atoms with Crippen molar-refractivity contribution in [3.8, 4) is 0 Å². The van der Waals surface area contributed by atoms with Crippen molar-refractivity contribution < 1.29 is 29.1 Å². The zero-order valence-electron chi connectivity index (χ0n) is 6.00. The van der Waals surface area contributed by atoms with Gasteiger partial charge in [0.05, 0.1) is 0 Å². The van der Waals surface area contributed by atoms with E-state index in [9.17, 15) is 4.79 Å². The predicted octanol–water partition coefficient (Wildman–Crippen LogP) is -3.33. The molecule has 1 saturated heterocycles. The van der Waals surface area contributed by atoms with Gasteiger partial charge in [-0.15, -0.1) is 0 Å². The number of hydrogen-bond donors (Lipinski definition) is 1. The first-order chi connectivity index (χ1) is 3.92. The summed E-state index contributed by atoms with van der Waals surface area (Å²) in [5.74, 6) is 0.821. The summed E-state index contributed by atoms with van der Waals surface area (Å²) in [5.41, 5.74) is 0. The van der Waals surface area contributed by atoms with Crippen molar-refractivity contribution >= 4 is 6.29 Å². The molecule has 10 heavy (non-hydrogen) atoms. The Morgan fingerprint density at radius 1 is 1.40 bits per heavy atom. The molecule has 1 aliphatic carbocycles. The second kappa shape index (κ2) is 3.54. The molecule has 0 amide bonds. The fourth-order valence-electron chi connectivity index (χ4n) is 1.12. The first-order valence-electron chi connectivity index (χ1n) is 3.05. The van der Waals surface area contributed by atoms with Crippen LogP contribution in [-0.4, -0.2) is 23.8 Å². The van der Waals surface area contributed by atoms with Crippen LogP contribution in [-0.2, 0) is 4.79 Å². The molecule has 1 aliphatic heterocycles. The van der Waals surface area contributed by atoms with Gasteiger partial charge in [-0.25, -0.2) is 6.29 Å². The minimum atomic E-state index is 0. The molecule has 2 atom stereocenters. The fourth-order valence-corrected chi connectivity index (χ4v) is 1.12. The molecule has 1 unspecified atom stereocenters. The summed E-state index contributed by atoms with van der Waals surface area (Å²) in [4.78, 5) is 9.92. The summed E-state index contributed by atoms with van der Waals surface area (Å²) in [6.07, 6.45) is 4.58. The summed E-state index contributed by atoms with van der Waals surface area (Å²) in [7, 11) is 0. The number of nitrogens with one attached hydrogen (secondary N) is 1. The largest absolute Gasteiger partial charge is 1.00 e. The maximum absolute atomic E-state index is 9.92. The zero-order chi connectivity index (χ0) is 5.56. The van der Waals surface area contributed by atoms with Gasteiger partial charge in [0, 0.05) is 0 Å². The maximum Gasteiger partial charge on any atom is 1.00 e. The molecule has 4 heteroatoms. The average Bonchev–Trinajstić information content (AvgIpc) is 2.62. The summed E-state index contributed by atoms with van der Waals surface area (Å²) in [6, 6.07) is 0.620. The predicted molar refractivity (Wildman–Crippen MR) is 31.1 cm³/mol. The van der Waals surface area contributed by atoms with Crippen molar-refractivity contribution in [2.45, 2.75) is 24.9 Å². The number of rotatable bonds is 2. The molecule has 2 N–H and O–H groups in total. The van der Waals surface area contributed by atoms with Crippen LogP contribution in [0.2, 0.25) is 0 Å². The Balaban J connectivity index is 0.000000405. The topological polar surface area (TPSA) is 69.0 Å². The maximum atomic E-state index is 9.92. The van der Waals surface area contributed by atoms with E-state index in [0.29, 0.717) is 6.04 Å². The molecular weight excluding hydrogens is 125 g/mol. The van der Waals surface area contributed by atoms with E-state index in [1.165, 1.54) is 12.8 Å². The van der Waals surface area contributed by atoms with Gasteiger partial charge in [0.1, 0.15) is 0 Å². The van der Waals surface area contributed by atoms with E-state index in [2.05, 4.69) is 5.32 Å². The van der Waals surface area contributed by atoms with Gasteiger partial charge in [-0.1, -0.05) is 6.04 Å².